The van der Waals surface area contributed by atoms with Crippen molar-refractivity contribution in [2.75, 3.05) is 26.1 Å². The quantitative estimate of drug-likeness (QED) is 0.601. The van der Waals surface area contributed by atoms with Crippen LogP contribution in [-0.4, -0.2) is 37.8 Å². The van der Waals surface area contributed by atoms with Gasteiger partial charge in [0.05, 0.1) is 27.8 Å². The zero-order valence-corrected chi connectivity index (χ0v) is 18.8. The van der Waals surface area contributed by atoms with Crippen LogP contribution in [0.1, 0.15) is 30.5 Å². The minimum atomic E-state index is -0.103. The molecule has 1 heterocycles. The van der Waals surface area contributed by atoms with Crippen molar-refractivity contribution < 1.29 is 9.53 Å². The lowest BCUT2D eigenvalue weighted by molar-refractivity contribution is -0.130. The summed E-state index contributed by atoms with van der Waals surface area (Å²) >= 11 is 7.07. The first-order chi connectivity index (χ1) is 12.8. The van der Waals surface area contributed by atoms with Gasteiger partial charge in [0.2, 0.25) is 5.91 Å². The Morgan fingerprint density at radius 3 is 2.26 bits per heavy atom. The first-order valence-electron chi connectivity index (χ1n) is 8.49. The number of carbonyl (C=O) groups excluding carboxylic acids is 1. The second-order valence-electron chi connectivity index (χ2n) is 6.59. The number of nitrogens with zero attached hydrogens (tertiary/aromatic N) is 3. The Hall–Kier alpha value is -1.86. The van der Waals surface area contributed by atoms with E-state index in [-0.39, 0.29) is 11.9 Å². The number of anilines is 1. The molecule has 0 radical (unpaired) electrons. The fourth-order valence-electron chi connectivity index (χ4n) is 3.15. The summed E-state index contributed by atoms with van der Waals surface area (Å²) in [6, 6.07) is 12.1. The van der Waals surface area contributed by atoms with E-state index in [1.165, 1.54) is 0 Å². The maximum atomic E-state index is 12.2. The Morgan fingerprint density at radius 1 is 1.19 bits per heavy atom. The van der Waals surface area contributed by atoms with Gasteiger partial charge in [-0.1, -0.05) is 12.1 Å². The van der Waals surface area contributed by atoms with Gasteiger partial charge in [-0.3, -0.25) is 4.79 Å². The maximum Gasteiger partial charge on any atom is 0.240 e. The molecule has 0 saturated carbocycles. The van der Waals surface area contributed by atoms with E-state index >= 15 is 0 Å². The number of amides is 1. The third kappa shape index (κ3) is 4.04. The lowest BCUT2D eigenvalue weighted by atomic mass is 9.98. The van der Waals surface area contributed by atoms with Gasteiger partial charge in [-0.05, 0) is 61.7 Å². The highest BCUT2D eigenvalue weighted by atomic mass is 79.9. The van der Waals surface area contributed by atoms with Crippen molar-refractivity contribution in [1.29, 1.82) is 0 Å². The molecular formula is C20H21Br2N3O2. The molecule has 1 aliphatic rings. The van der Waals surface area contributed by atoms with Crippen molar-refractivity contribution in [2.24, 2.45) is 5.10 Å². The second-order valence-corrected chi connectivity index (χ2v) is 8.30. The summed E-state index contributed by atoms with van der Waals surface area (Å²) in [7, 11) is 5.64. The predicted octanol–water partition coefficient (Wildman–Crippen LogP) is 4.98. The van der Waals surface area contributed by atoms with E-state index in [1.807, 2.05) is 26.2 Å². The third-order valence-electron chi connectivity index (χ3n) is 4.56. The van der Waals surface area contributed by atoms with Gasteiger partial charge < -0.3 is 9.64 Å². The number of benzene rings is 2. The van der Waals surface area contributed by atoms with E-state index in [9.17, 15) is 4.79 Å². The molecule has 1 aliphatic heterocycles. The van der Waals surface area contributed by atoms with Gasteiger partial charge >= 0.3 is 0 Å². The summed E-state index contributed by atoms with van der Waals surface area (Å²) in [4.78, 5) is 14.2. The number of carbonyl (C=O) groups is 1. The van der Waals surface area contributed by atoms with Crippen LogP contribution in [0, 0.1) is 0 Å². The van der Waals surface area contributed by atoms with Gasteiger partial charge in [0.25, 0.3) is 0 Å². The van der Waals surface area contributed by atoms with Crippen LogP contribution in [0.2, 0.25) is 0 Å². The minimum Gasteiger partial charge on any atom is -0.494 e. The molecule has 5 nitrogen and oxygen atoms in total. The molecule has 142 valence electrons. The van der Waals surface area contributed by atoms with Crippen molar-refractivity contribution in [3.63, 3.8) is 0 Å². The summed E-state index contributed by atoms with van der Waals surface area (Å²) < 4.78 is 7.05. The fourth-order valence-corrected chi connectivity index (χ4v) is 4.66. The zero-order chi connectivity index (χ0) is 19.7. The number of rotatable bonds is 4. The Balaban J connectivity index is 1.94. The normalized spacial score (nSPS) is 16.3. The molecule has 0 aromatic heterocycles. The Labute approximate surface area is 176 Å². The molecule has 2 aromatic rings. The van der Waals surface area contributed by atoms with Gasteiger partial charge in [-0.25, -0.2) is 5.01 Å². The summed E-state index contributed by atoms with van der Waals surface area (Å²) in [6.45, 7) is 1.55. The summed E-state index contributed by atoms with van der Waals surface area (Å²) in [5.41, 5.74) is 4.01. The Bertz CT molecular complexity index is 872. The van der Waals surface area contributed by atoms with Crippen LogP contribution in [0.5, 0.6) is 5.75 Å². The fraction of sp³-hybridized carbons (Fsp3) is 0.300. The number of hydrogen-bond acceptors (Lipinski definition) is 4. The van der Waals surface area contributed by atoms with Gasteiger partial charge in [-0.15, -0.1) is 0 Å². The Morgan fingerprint density at radius 2 is 1.78 bits per heavy atom. The molecule has 1 amide bonds. The smallest absolute Gasteiger partial charge is 0.240 e. The number of hydrazone groups is 1. The van der Waals surface area contributed by atoms with E-state index in [0.717, 1.165) is 37.2 Å². The van der Waals surface area contributed by atoms with Crippen molar-refractivity contribution in [3.05, 3.63) is 56.5 Å². The molecule has 27 heavy (non-hydrogen) atoms. The van der Waals surface area contributed by atoms with Crippen LogP contribution >= 0.6 is 31.9 Å². The first kappa shape index (κ1) is 19.9. The second kappa shape index (κ2) is 8.02. The molecule has 0 fully saturated rings. The van der Waals surface area contributed by atoms with Crippen LogP contribution in [0.25, 0.3) is 0 Å². The van der Waals surface area contributed by atoms with E-state index in [2.05, 4.69) is 66.1 Å². The maximum absolute atomic E-state index is 12.2. The van der Waals surface area contributed by atoms with E-state index < -0.39 is 0 Å². The van der Waals surface area contributed by atoms with Crippen LogP contribution < -0.4 is 9.64 Å². The topological polar surface area (TPSA) is 45.1 Å². The Kier molecular flexibility index (Phi) is 5.91. The van der Waals surface area contributed by atoms with Crippen molar-refractivity contribution in [3.8, 4) is 5.75 Å². The molecule has 3 rings (SSSR count). The molecule has 0 aliphatic carbocycles. The number of ether oxygens (including phenoxy) is 1. The molecular weight excluding hydrogens is 474 g/mol. The summed E-state index contributed by atoms with van der Waals surface area (Å²) in [5, 5.41) is 6.19. The van der Waals surface area contributed by atoms with Crippen molar-refractivity contribution in [2.45, 2.75) is 19.4 Å². The highest BCUT2D eigenvalue weighted by Crippen LogP contribution is 2.38. The van der Waals surface area contributed by atoms with Gasteiger partial charge in [0.15, 0.2) is 0 Å². The monoisotopic (exact) mass is 493 g/mol. The third-order valence-corrected chi connectivity index (χ3v) is 5.74. The molecule has 1 atom stereocenters. The van der Waals surface area contributed by atoms with Crippen molar-refractivity contribution >= 4 is 49.2 Å². The van der Waals surface area contributed by atoms with Gasteiger partial charge in [0, 0.05) is 38.7 Å². The van der Waals surface area contributed by atoms with E-state index in [1.54, 1.807) is 19.0 Å². The van der Waals surface area contributed by atoms with Crippen LogP contribution in [-0.2, 0) is 4.79 Å². The number of hydrogen-bond donors (Lipinski definition) is 0. The average Bonchev–Trinajstić information content (AvgIpc) is 3.07. The highest BCUT2D eigenvalue weighted by molar-refractivity contribution is 9.11. The lowest BCUT2D eigenvalue weighted by Gasteiger charge is -2.21. The summed E-state index contributed by atoms with van der Waals surface area (Å²) in [5.74, 6) is 0.662. The molecule has 0 saturated heterocycles. The van der Waals surface area contributed by atoms with Gasteiger partial charge in [-0.2, -0.15) is 5.10 Å². The predicted molar refractivity (Wildman–Crippen MR) is 116 cm³/mol. The number of methoxy groups -OCH3 is 1. The van der Waals surface area contributed by atoms with Crippen LogP contribution in [0.4, 0.5) is 5.69 Å². The molecule has 0 N–H and O–H groups in total. The molecule has 7 heteroatoms. The van der Waals surface area contributed by atoms with Crippen molar-refractivity contribution in [1.82, 2.24) is 5.01 Å². The molecule has 0 bridgehead atoms. The van der Waals surface area contributed by atoms with E-state index in [4.69, 9.17) is 4.74 Å². The standard InChI is InChI=1S/C20H21Br2N3O2/c1-12(26)25-19(13-5-7-15(8-6-13)24(2)3)11-18(23-25)14-9-16(21)20(27-4)17(22)10-14/h5-10,19H,11H2,1-4H3. The average molecular weight is 495 g/mol. The van der Waals surface area contributed by atoms with Gasteiger partial charge in [0.1, 0.15) is 5.75 Å². The number of halogens is 2. The lowest BCUT2D eigenvalue weighted by Crippen LogP contribution is -2.24. The highest BCUT2D eigenvalue weighted by Gasteiger charge is 2.31. The first-order valence-corrected chi connectivity index (χ1v) is 10.1. The minimum absolute atomic E-state index is 0.0710. The summed E-state index contributed by atoms with van der Waals surface area (Å²) in [6.07, 6.45) is 0.659. The van der Waals surface area contributed by atoms with Crippen LogP contribution in [0.15, 0.2) is 50.4 Å². The molecule has 0 spiro atoms. The van der Waals surface area contributed by atoms with Crippen LogP contribution in [0.3, 0.4) is 0 Å². The molecule has 1 unspecified atom stereocenters. The molecule has 2 aromatic carbocycles. The largest absolute Gasteiger partial charge is 0.494 e. The SMILES string of the molecule is COc1c(Br)cc(C2=NN(C(C)=O)C(c3ccc(N(C)C)cc3)C2)cc1Br. The zero-order valence-electron chi connectivity index (χ0n) is 15.7. The van der Waals surface area contributed by atoms with E-state index in [0.29, 0.717) is 6.42 Å².